The van der Waals surface area contributed by atoms with E-state index >= 15 is 0 Å². The molecule has 1 saturated heterocycles. The van der Waals surface area contributed by atoms with Gasteiger partial charge < -0.3 is 10.5 Å². The summed E-state index contributed by atoms with van der Waals surface area (Å²) >= 11 is 1.29. The predicted octanol–water partition coefficient (Wildman–Crippen LogP) is 1.70. The van der Waals surface area contributed by atoms with Gasteiger partial charge in [0.25, 0.3) is 10.0 Å². The highest BCUT2D eigenvalue weighted by Gasteiger charge is 2.31. The summed E-state index contributed by atoms with van der Waals surface area (Å²) in [6.07, 6.45) is 1.72. The van der Waals surface area contributed by atoms with Gasteiger partial charge >= 0.3 is 0 Å². The molecule has 0 saturated carbocycles. The van der Waals surface area contributed by atoms with Crippen LogP contribution in [0.4, 0.5) is 0 Å². The minimum atomic E-state index is -3.37. The van der Waals surface area contributed by atoms with E-state index in [1.54, 1.807) is 10.4 Å². The number of hydrogen-bond donors (Lipinski definition) is 1. The first kappa shape index (κ1) is 15.9. The van der Waals surface area contributed by atoms with Crippen LogP contribution in [-0.4, -0.2) is 38.5 Å². The molecule has 1 aliphatic rings. The number of ether oxygens (including phenoxy) is 1. The summed E-state index contributed by atoms with van der Waals surface area (Å²) in [6, 6.07) is 1.73. The van der Waals surface area contributed by atoms with Crippen LogP contribution < -0.4 is 5.73 Å². The molecular weight excluding hydrogens is 296 g/mol. The Bertz CT molecular complexity index is 546. The summed E-state index contributed by atoms with van der Waals surface area (Å²) in [5.74, 6) is 0. The van der Waals surface area contributed by atoms with Gasteiger partial charge in [0.15, 0.2) is 0 Å². The second kappa shape index (κ2) is 6.53. The van der Waals surface area contributed by atoms with Crippen LogP contribution in [0.15, 0.2) is 10.3 Å². The van der Waals surface area contributed by atoms with Gasteiger partial charge in [0.05, 0.1) is 6.10 Å². The van der Waals surface area contributed by atoms with Crippen molar-refractivity contribution in [2.45, 2.75) is 43.5 Å². The molecule has 2 rings (SSSR count). The molecule has 1 aliphatic heterocycles. The van der Waals surface area contributed by atoms with Gasteiger partial charge in [-0.1, -0.05) is 0 Å². The third-order valence-corrected chi connectivity index (χ3v) is 7.19. The van der Waals surface area contributed by atoms with E-state index in [1.165, 1.54) is 11.3 Å². The van der Waals surface area contributed by atoms with Crippen LogP contribution in [0.5, 0.6) is 0 Å². The molecule has 1 aromatic heterocycles. The number of nitrogens with zero attached hydrogens (tertiary/aromatic N) is 1. The molecule has 114 valence electrons. The second-order valence-corrected chi connectivity index (χ2v) is 8.24. The first-order valence-corrected chi connectivity index (χ1v) is 9.15. The second-order valence-electron chi connectivity index (χ2n) is 4.93. The third-order valence-electron chi connectivity index (χ3n) is 3.58. The molecule has 2 N–H and O–H groups in total. The molecule has 0 atom stereocenters. The fourth-order valence-electron chi connectivity index (χ4n) is 2.42. The number of nitrogens with two attached hydrogens (primary N) is 1. The monoisotopic (exact) mass is 318 g/mol. The summed E-state index contributed by atoms with van der Waals surface area (Å²) in [5, 5.41) is 0. The van der Waals surface area contributed by atoms with Crippen molar-refractivity contribution in [3.63, 3.8) is 0 Å². The normalized spacial score (nSPS) is 18.6. The summed E-state index contributed by atoms with van der Waals surface area (Å²) < 4.78 is 32.7. The number of sulfonamides is 1. The lowest BCUT2D eigenvalue weighted by Crippen LogP contribution is -2.40. The predicted molar refractivity (Wildman–Crippen MR) is 80.4 cm³/mol. The molecule has 0 bridgehead atoms. The van der Waals surface area contributed by atoms with Crippen molar-refractivity contribution in [3.05, 3.63) is 16.5 Å². The summed E-state index contributed by atoms with van der Waals surface area (Å²) in [4.78, 5) is 0.938. The van der Waals surface area contributed by atoms with Crippen molar-refractivity contribution in [3.8, 4) is 0 Å². The van der Waals surface area contributed by atoms with Gasteiger partial charge in [-0.25, -0.2) is 8.42 Å². The molecule has 1 aromatic rings. The third kappa shape index (κ3) is 3.23. The van der Waals surface area contributed by atoms with Crippen LogP contribution >= 0.6 is 11.3 Å². The van der Waals surface area contributed by atoms with Gasteiger partial charge in [0.2, 0.25) is 0 Å². The molecule has 0 radical (unpaired) electrons. The molecule has 20 heavy (non-hydrogen) atoms. The quantitative estimate of drug-likeness (QED) is 0.897. The van der Waals surface area contributed by atoms with Gasteiger partial charge in [-0.2, -0.15) is 4.31 Å². The Kier molecular flexibility index (Phi) is 5.19. The SMILES string of the molecule is CCOC1CCN(S(=O)(=O)c2cc(C)c(CN)s2)CC1. The lowest BCUT2D eigenvalue weighted by molar-refractivity contribution is 0.0290. The Morgan fingerprint density at radius 2 is 2.10 bits per heavy atom. The number of thiophene rings is 1. The Labute approximate surface area is 124 Å². The fraction of sp³-hybridized carbons (Fsp3) is 0.692. The molecule has 7 heteroatoms. The zero-order chi connectivity index (χ0) is 14.8. The van der Waals surface area contributed by atoms with Gasteiger partial charge in [0, 0.05) is 31.1 Å². The zero-order valence-electron chi connectivity index (χ0n) is 12.0. The van der Waals surface area contributed by atoms with Crippen molar-refractivity contribution >= 4 is 21.4 Å². The van der Waals surface area contributed by atoms with Gasteiger partial charge in [-0.15, -0.1) is 11.3 Å². The van der Waals surface area contributed by atoms with Crippen LogP contribution in [0, 0.1) is 6.92 Å². The maximum Gasteiger partial charge on any atom is 0.252 e. The number of hydrogen-bond acceptors (Lipinski definition) is 5. The Morgan fingerprint density at radius 3 is 2.60 bits per heavy atom. The molecule has 0 aromatic carbocycles. The topological polar surface area (TPSA) is 72.6 Å². The summed E-state index contributed by atoms with van der Waals surface area (Å²) in [6.45, 7) is 5.99. The number of rotatable bonds is 5. The fourth-order valence-corrected chi connectivity index (χ4v) is 5.51. The highest BCUT2D eigenvalue weighted by atomic mass is 32.2. The van der Waals surface area contributed by atoms with Gasteiger partial charge in [-0.05, 0) is 38.3 Å². The Balaban J connectivity index is 2.11. The van der Waals surface area contributed by atoms with Gasteiger partial charge in [-0.3, -0.25) is 0 Å². The molecule has 1 fully saturated rings. The van der Waals surface area contributed by atoms with Crippen molar-refractivity contribution in [2.75, 3.05) is 19.7 Å². The molecule has 2 heterocycles. The van der Waals surface area contributed by atoms with E-state index in [0.717, 1.165) is 23.3 Å². The van der Waals surface area contributed by atoms with Crippen molar-refractivity contribution < 1.29 is 13.2 Å². The molecule has 0 unspecified atom stereocenters. The maximum absolute atomic E-state index is 12.6. The van der Waals surface area contributed by atoms with Crippen LogP contribution in [0.1, 0.15) is 30.2 Å². The lowest BCUT2D eigenvalue weighted by Gasteiger charge is -2.30. The van der Waals surface area contributed by atoms with Crippen LogP contribution in [-0.2, 0) is 21.3 Å². The van der Waals surface area contributed by atoms with E-state index in [1.807, 2.05) is 13.8 Å². The Hall–Kier alpha value is -0.470. The Morgan fingerprint density at radius 1 is 1.45 bits per heavy atom. The number of aryl methyl sites for hydroxylation is 1. The largest absolute Gasteiger partial charge is 0.378 e. The zero-order valence-corrected chi connectivity index (χ0v) is 13.6. The van der Waals surface area contributed by atoms with Crippen LogP contribution in [0.2, 0.25) is 0 Å². The average molecular weight is 318 g/mol. The van der Waals surface area contributed by atoms with Crippen LogP contribution in [0.3, 0.4) is 0 Å². The summed E-state index contributed by atoms with van der Waals surface area (Å²) in [5.41, 5.74) is 6.58. The maximum atomic E-state index is 12.6. The lowest BCUT2D eigenvalue weighted by atomic mass is 10.1. The van der Waals surface area contributed by atoms with Crippen molar-refractivity contribution in [1.29, 1.82) is 0 Å². The first-order chi connectivity index (χ1) is 9.48. The van der Waals surface area contributed by atoms with Crippen molar-refractivity contribution in [1.82, 2.24) is 4.31 Å². The highest BCUT2D eigenvalue weighted by Crippen LogP contribution is 2.30. The van der Waals surface area contributed by atoms with E-state index in [2.05, 4.69) is 0 Å². The standard InChI is InChI=1S/C13H22N2O3S2/c1-3-18-11-4-6-15(7-5-11)20(16,17)13-8-10(2)12(9-14)19-13/h8,11H,3-7,9,14H2,1-2H3. The number of piperidine rings is 1. The minimum absolute atomic E-state index is 0.191. The van der Waals surface area contributed by atoms with Crippen LogP contribution in [0.25, 0.3) is 0 Å². The highest BCUT2D eigenvalue weighted by molar-refractivity contribution is 7.91. The van der Waals surface area contributed by atoms with Gasteiger partial charge in [0.1, 0.15) is 4.21 Å². The van der Waals surface area contributed by atoms with E-state index in [-0.39, 0.29) is 6.10 Å². The van der Waals surface area contributed by atoms with E-state index in [0.29, 0.717) is 30.5 Å². The van der Waals surface area contributed by atoms with E-state index in [9.17, 15) is 8.42 Å². The van der Waals surface area contributed by atoms with E-state index in [4.69, 9.17) is 10.5 Å². The van der Waals surface area contributed by atoms with Crippen molar-refractivity contribution in [2.24, 2.45) is 5.73 Å². The molecule has 0 amide bonds. The summed E-state index contributed by atoms with van der Waals surface area (Å²) in [7, 11) is -3.37. The molecule has 0 spiro atoms. The molecule has 0 aliphatic carbocycles. The minimum Gasteiger partial charge on any atom is -0.378 e. The smallest absolute Gasteiger partial charge is 0.252 e. The molecule has 5 nitrogen and oxygen atoms in total. The average Bonchev–Trinajstić information content (AvgIpc) is 2.82. The molecular formula is C13H22N2O3S2. The van der Waals surface area contributed by atoms with E-state index < -0.39 is 10.0 Å². The first-order valence-electron chi connectivity index (χ1n) is 6.90.